The molecule has 0 bridgehead atoms. The van der Waals surface area contributed by atoms with Gasteiger partial charge < -0.3 is 9.13 Å². The highest BCUT2D eigenvalue weighted by atomic mass is 15.0. The molecule has 6 heteroatoms. The van der Waals surface area contributed by atoms with Crippen molar-refractivity contribution in [1.29, 1.82) is 0 Å². The topological polar surface area (TPSA) is 61.4 Å². The molecule has 0 aliphatic heterocycles. The van der Waals surface area contributed by atoms with E-state index in [1.165, 1.54) is 0 Å². The molecule has 262 valence electrons. The van der Waals surface area contributed by atoms with Crippen molar-refractivity contribution >= 4 is 43.9 Å². The van der Waals surface area contributed by atoms with E-state index in [0.717, 1.165) is 99.8 Å². The molecule has 5 aromatic carbocycles. The number of nitrogens with zero attached hydrogens (tertiary/aromatic N) is 6. The third-order valence-corrected chi connectivity index (χ3v) is 10.7. The Balaban J connectivity index is 1.03. The van der Waals surface area contributed by atoms with E-state index in [1.54, 1.807) is 0 Å². The Labute approximate surface area is 322 Å². The minimum atomic E-state index is 0.960. The Morgan fingerprint density at radius 1 is 0.304 bits per heavy atom. The largest absolute Gasteiger partial charge is 0.308 e. The summed E-state index contributed by atoms with van der Waals surface area (Å²) in [5, 5.41) is 2.18. The maximum absolute atomic E-state index is 4.91. The lowest BCUT2D eigenvalue weighted by Gasteiger charge is -2.13. The monoisotopic (exact) mass is 716 g/mol. The number of hydrogen-bond acceptors (Lipinski definition) is 4. The number of fused-ring (bicyclic) bond motifs is 6. The van der Waals surface area contributed by atoms with E-state index < -0.39 is 0 Å². The second-order valence-electron chi connectivity index (χ2n) is 14.1. The third kappa shape index (κ3) is 5.27. The Kier molecular flexibility index (Phi) is 7.38. The highest BCUT2D eigenvalue weighted by molar-refractivity contribution is 6.10. The van der Waals surface area contributed by atoms with Crippen molar-refractivity contribution < 1.29 is 0 Å². The zero-order valence-corrected chi connectivity index (χ0v) is 30.2. The molecular formula is C50H32N6. The van der Waals surface area contributed by atoms with Crippen LogP contribution in [0.3, 0.4) is 0 Å². The molecule has 0 fully saturated rings. The van der Waals surface area contributed by atoms with Crippen LogP contribution in [0, 0.1) is 0 Å². The van der Waals surface area contributed by atoms with Gasteiger partial charge in [0.2, 0.25) is 0 Å². The number of pyridine rings is 4. The van der Waals surface area contributed by atoms with Crippen molar-refractivity contribution in [2.45, 2.75) is 0 Å². The lowest BCUT2D eigenvalue weighted by molar-refractivity contribution is 1.13. The Morgan fingerprint density at radius 2 is 0.750 bits per heavy atom. The summed E-state index contributed by atoms with van der Waals surface area (Å²) in [7, 11) is 0. The molecule has 11 rings (SSSR count). The molecule has 0 saturated carbocycles. The lowest BCUT2D eigenvalue weighted by Crippen LogP contribution is -1.98. The fraction of sp³-hybridized carbons (Fsp3) is 0. The summed E-state index contributed by atoms with van der Waals surface area (Å²) >= 11 is 0. The fourth-order valence-corrected chi connectivity index (χ4v) is 8.13. The smallest absolute Gasteiger partial charge is 0.0963 e. The van der Waals surface area contributed by atoms with Gasteiger partial charge in [-0.25, -0.2) is 0 Å². The van der Waals surface area contributed by atoms with Crippen molar-refractivity contribution in [1.82, 2.24) is 29.1 Å². The van der Waals surface area contributed by atoms with Gasteiger partial charge in [0.25, 0.3) is 0 Å². The van der Waals surface area contributed by atoms with Crippen LogP contribution in [0.2, 0.25) is 0 Å². The summed E-state index contributed by atoms with van der Waals surface area (Å²) in [5.74, 6) is 0. The molecular weight excluding hydrogens is 685 g/mol. The highest BCUT2D eigenvalue weighted by Crippen LogP contribution is 2.38. The summed E-state index contributed by atoms with van der Waals surface area (Å²) in [6.45, 7) is 0. The molecule has 0 aliphatic carbocycles. The van der Waals surface area contributed by atoms with Crippen LogP contribution in [0.4, 0.5) is 0 Å². The van der Waals surface area contributed by atoms with Crippen LogP contribution in [0.25, 0.3) is 99.8 Å². The second kappa shape index (κ2) is 13.0. The van der Waals surface area contributed by atoms with Crippen molar-refractivity contribution in [3.8, 4) is 55.9 Å². The molecule has 0 radical (unpaired) electrons. The van der Waals surface area contributed by atoms with Crippen LogP contribution in [0.5, 0.6) is 0 Å². The molecule has 0 spiro atoms. The minimum absolute atomic E-state index is 0.960. The standard InChI is InChI=1S/C50H32N6/c1-3-10-33(11-4-1)37-24-39(31-51-29-37)35-18-20-45-43(26-35)49-47(16-8-22-53-49)55(45)41-14-7-15-42(28-41)56-46-21-19-36(27-44(46)50-48(56)17-9-23-54-50)40-25-38(30-52-32-40)34-12-5-2-6-13-34/h1-32H. The van der Waals surface area contributed by atoms with E-state index in [2.05, 4.69) is 153 Å². The summed E-state index contributed by atoms with van der Waals surface area (Å²) in [6, 6.07) is 55.6. The predicted molar refractivity (Wildman–Crippen MR) is 228 cm³/mol. The van der Waals surface area contributed by atoms with E-state index in [9.17, 15) is 0 Å². The summed E-state index contributed by atoms with van der Waals surface area (Å²) in [5.41, 5.74) is 17.1. The zero-order chi connectivity index (χ0) is 37.0. The molecule has 0 saturated heterocycles. The van der Waals surface area contributed by atoms with Gasteiger partial charge in [0.1, 0.15) is 0 Å². The van der Waals surface area contributed by atoms with Crippen LogP contribution < -0.4 is 0 Å². The quantitative estimate of drug-likeness (QED) is 0.172. The average molecular weight is 717 g/mol. The molecule has 0 atom stereocenters. The first-order valence-electron chi connectivity index (χ1n) is 18.7. The van der Waals surface area contributed by atoms with Crippen LogP contribution in [-0.4, -0.2) is 29.1 Å². The van der Waals surface area contributed by atoms with Gasteiger partial charge in [-0.2, -0.15) is 0 Å². The normalized spacial score (nSPS) is 11.6. The van der Waals surface area contributed by atoms with Crippen molar-refractivity contribution in [3.63, 3.8) is 0 Å². The first-order valence-corrected chi connectivity index (χ1v) is 18.7. The average Bonchev–Trinajstić information content (AvgIpc) is 3.79. The molecule has 11 aromatic rings. The number of hydrogen-bond donors (Lipinski definition) is 0. The van der Waals surface area contributed by atoms with Crippen LogP contribution in [-0.2, 0) is 0 Å². The summed E-state index contributed by atoms with van der Waals surface area (Å²) in [4.78, 5) is 19.1. The molecule has 6 nitrogen and oxygen atoms in total. The number of rotatable bonds is 6. The Morgan fingerprint density at radius 3 is 1.21 bits per heavy atom. The predicted octanol–water partition coefficient (Wildman–Crippen LogP) is 12.1. The maximum atomic E-state index is 4.91. The molecule has 0 N–H and O–H groups in total. The van der Waals surface area contributed by atoms with Gasteiger partial charge in [0, 0.05) is 81.6 Å². The number of benzene rings is 5. The molecule has 56 heavy (non-hydrogen) atoms. The van der Waals surface area contributed by atoms with Crippen molar-refractivity contribution in [2.24, 2.45) is 0 Å². The van der Waals surface area contributed by atoms with Crippen molar-refractivity contribution in [3.05, 3.63) is 195 Å². The van der Waals surface area contributed by atoms with E-state index >= 15 is 0 Å². The van der Waals surface area contributed by atoms with Gasteiger partial charge in [0.15, 0.2) is 0 Å². The van der Waals surface area contributed by atoms with E-state index in [1.807, 2.05) is 61.4 Å². The Hall–Kier alpha value is -7.70. The van der Waals surface area contributed by atoms with Crippen LogP contribution in [0.1, 0.15) is 0 Å². The van der Waals surface area contributed by atoms with Gasteiger partial charge in [-0.15, -0.1) is 0 Å². The first kappa shape index (κ1) is 31.8. The number of aromatic nitrogens is 6. The van der Waals surface area contributed by atoms with Crippen LogP contribution >= 0.6 is 0 Å². The second-order valence-corrected chi connectivity index (χ2v) is 14.1. The van der Waals surface area contributed by atoms with E-state index in [4.69, 9.17) is 9.97 Å². The highest BCUT2D eigenvalue weighted by Gasteiger charge is 2.18. The molecule has 0 aliphatic rings. The van der Waals surface area contributed by atoms with Crippen molar-refractivity contribution in [2.75, 3.05) is 0 Å². The maximum Gasteiger partial charge on any atom is 0.0963 e. The molecule has 6 heterocycles. The van der Waals surface area contributed by atoms with Gasteiger partial charge in [-0.05, 0) is 101 Å². The van der Waals surface area contributed by atoms with Crippen LogP contribution in [0.15, 0.2) is 195 Å². The van der Waals surface area contributed by atoms with Gasteiger partial charge in [-0.3, -0.25) is 19.9 Å². The third-order valence-electron chi connectivity index (χ3n) is 10.7. The van der Waals surface area contributed by atoms with E-state index in [0.29, 0.717) is 0 Å². The van der Waals surface area contributed by atoms with Gasteiger partial charge >= 0.3 is 0 Å². The Bertz CT molecular complexity index is 3040. The molecule has 0 unspecified atom stereocenters. The first-order chi connectivity index (χ1) is 27.8. The van der Waals surface area contributed by atoms with Gasteiger partial charge in [0.05, 0.1) is 33.1 Å². The van der Waals surface area contributed by atoms with E-state index in [-0.39, 0.29) is 0 Å². The minimum Gasteiger partial charge on any atom is -0.308 e. The fourth-order valence-electron chi connectivity index (χ4n) is 8.13. The SMILES string of the molecule is c1ccc(-c2cncc(-c3ccc4c(c3)c3ncccc3n4-c3cccc(-n4c5ccc(-c6cncc(-c7ccccc7)c6)cc5c5ncccc54)c3)c2)cc1. The van der Waals surface area contributed by atoms with Gasteiger partial charge in [-0.1, -0.05) is 78.9 Å². The summed E-state index contributed by atoms with van der Waals surface area (Å²) < 4.78 is 4.64. The molecule has 0 amide bonds. The summed E-state index contributed by atoms with van der Waals surface area (Å²) in [6.07, 6.45) is 11.5. The zero-order valence-electron chi connectivity index (χ0n) is 30.2. The lowest BCUT2D eigenvalue weighted by atomic mass is 10.0. The molecule has 6 aromatic heterocycles.